The van der Waals surface area contributed by atoms with Gasteiger partial charge in [-0.3, -0.25) is 19.8 Å². The first-order chi connectivity index (χ1) is 20.7. The third-order valence-corrected chi connectivity index (χ3v) is 7.99. The molecule has 0 saturated carbocycles. The Bertz CT molecular complexity index is 1620. The van der Waals surface area contributed by atoms with Gasteiger partial charge in [-0.15, -0.1) is 5.92 Å². The molecule has 0 aliphatic carbocycles. The van der Waals surface area contributed by atoms with E-state index in [0.29, 0.717) is 24.4 Å². The first kappa shape index (κ1) is 30.5. The number of rotatable bonds is 4. The number of carbonyl (C=O) groups is 3. The van der Waals surface area contributed by atoms with E-state index < -0.39 is 40.3 Å². The molecule has 3 aliphatic heterocycles. The largest absolute Gasteiger partial charge is 0.444 e. The minimum absolute atomic E-state index is 0.0229. The number of hydrogen-bond donors (Lipinski definition) is 1. The van der Waals surface area contributed by atoms with Crippen molar-refractivity contribution in [2.24, 2.45) is 4.99 Å². The summed E-state index contributed by atoms with van der Waals surface area (Å²) >= 11 is 0. The molecule has 4 heterocycles. The number of non-ortho nitro benzene ring substituents is 1. The van der Waals surface area contributed by atoms with E-state index >= 15 is 0 Å². The van der Waals surface area contributed by atoms with E-state index in [9.17, 15) is 24.5 Å². The molecule has 1 N–H and O–H groups in total. The molecule has 14 heteroatoms. The topological polar surface area (TPSA) is 154 Å². The average molecular weight is 605 g/mol. The molecule has 2 unspecified atom stereocenters. The van der Waals surface area contributed by atoms with E-state index in [0.717, 1.165) is 17.7 Å². The van der Waals surface area contributed by atoms with Gasteiger partial charge in [-0.2, -0.15) is 0 Å². The van der Waals surface area contributed by atoms with E-state index in [1.807, 2.05) is 4.90 Å². The number of aromatic nitrogens is 1. The number of alkyl carbamates (subject to hydrolysis) is 1. The second-order valence-corrected chi connectivity index (χ2v) is 12.2. The second-order valence-electron chi connectivity index (χ2n) is 12.2. The number of likely N-dealkylation sites (tertiary alicyclic amines) is 1. The van der Waals surface area contributed by atoms with Crippen molar-refractivity contribution in [2.45, 2.75) is 70.8 Å². The van der Waals surface area contributed by atoms with Crippen LogP contribution in [0.25, 0.3) is 10.9 Å². The van der Waals surface area contributed by atoms with Gasteiger partial charge in [0.05, 0.1) is 11.5 Å². The number of piperidine rings is 1. The smallest absolute Gasteiger partial charge is 0.407 e. The number of urea groups is 1. The lowest BCUT2D eigenvalue weighted by molar-refractivity contribution is -0.383. The first-order valence-corrected chi connectivity index (χ1v) is 14.4. The quantitative estimate of drug-likeness (QED) is 0.315. The molecule has 0 spiro atoms. The predicted octanol–water partition coefficient (Wildman–Crippen LogP) is 3.31. The molecule has 44 heavy (non-hydrogen) atoms. The third-order valence-electron chi connectivity index (χ3n) is 7.99. The molecule has 232 valence electrons. The highest BCUT2D eigenvalue weighted by Gasteiger charge is 2.61. The van der Waals surface area contributed by atoms with Crippen LogP contribution < -0.4 is 10.2 Å². The van der Waals surface area contributed by atoms with Crippen LogP contribution in [0.3, 0.4) is 0 Å². The Morgan fingerprint density at radius 1 is 1.25 bits per heavy atom. The second kappa shape index (κ2) is 11.3. The number of nitrogens with zero attached hydrogens (tertiary/aromatic N) is 7. The van der Waals surface area contributed by atoms with Crippen molar-refractivity contribution in [3.63, 3.8) is 0 Å². The van der Waals surface area contributed by atoms with Gasteiger partial charge in [0.15, 0.2) is 17.2 Å². The number of fused-ring (bicyclic) bond motifs is 2. The maximum Gasteiger partial charge on any atom is 0.407 e. The Kier molecular flexibility index (Phi) is 7.83. The number of ether oxygens (including phenoxy) is 1. The minimum Gasteiger partial charge on any atom is -0.444 e. The Balaban J connectivity index is 1.49. The first-order valence-electron chi connectivity index (χ1n) is 14.4. The van der Waals surface area contributed by atoms with Crippen molar-refractivity contribution in [2.75, 3.05) is 31.6 Å². The highest BCUT2D eigenvalue weighted by Crippen LogP contribution is 2.39. The molecule has 3 atom stereocenters. The van der Waals surface area contributed by atoms with Crippen LogP contribution in [0, 0.1) is 22.0 Å². The van der Waals surface area contributed by atoms with Gasteiger partial charge in [0, 0.05) is 37.6 Å². The zero-order chi connectivity index (χ0) is 32.0. The van der Waals surface area contributed by atoms with E-state index in [-0.39, 0.29) is 29.6 Å². The number of aliphatic imine (C=N–C) groups is 1. The van der Waals surface area contributed by atoms with Crippen LogP contribution in [-0.2, 0) is 9.53 Å². The Morgan fingerprint density at radius 3 is 2.68 bits per heavy atom. The monoisotopic (exact) mass is 604 g/mol. The molecule has 5 rings (SSSR count). The molecule has 0 bridgehead atoms. The van der Waals surface area contributed by atoms with E-state index in [2.05, 4.69) is 22.1 Å². The maximum atomic E-state index is 14.3. The van der Waals surface area contributed by atoms with Gasteiger partial charge >= 0.3 is 12.1 Å². The number of nitro benzene ring substituents is 1. The summed E-state index contributed by atoms with van der Waals surface area (Å²) in [6.07, 6.45) is 0.984. The van der Waals surface area contributed by atoms with E-state index in [4.69, 9.17) is 9.73 Å². The van der Waals surface area contributed by atoms with Crippen LogP contribution >= 0.6 is 0 Å². The molecular weight excluding hydrogens is 568 g/mol. The Hall–Kier alpha value is -4.93. The normalized spacial score (nSPS) is 23.6. The lowest BCUT2D eigenvalue weighted by Gasteiger charge is -2.46. The summed E-state index contributed by atoms with van der Waals surface area (Å²) in [5.41, 5.74) is -2.07. The number of anilines is 1. The van der Waals surface area contributed by atoms with Crippen LogP contribution in [0.1, 0.15) is 47.5 Å². The number of nitro groups is 1. The number of amides is 4. The van der Waals surface area contributed by atoms with Gasteiger partial charge in [0.25, 0.3) is 11.6 Å². The van der Waals surface area contributed by atoms with Crippen molar-refractivity contribution in [3.05, 3.63) is 40.4 Å². The number of guanidine groups is 1. The van der Waals surface area contributed by atoms with Crippen molar-refractivity contribution in [3.8, 4) is 11.8 Å². The fourth-order valence-electron chi connectivity index (χ4n) is 5.86. The number of hydrogen-bond acceptors (Lipinski definition) is 10. The van der Waals surface area contributed by atoms with Crippen LogP contribution in [0.5, 0.6) is 0 Å². The fraction of sp³-hybridized carbons (Fsp3) is 0.500. The summed E-state index contributed by atoms with van der Waals surface area (Å²) in [6.45, 7) is 10.0. The molecule has 14 nitrogen and oxygen atoms in total. The van der Waals surface area contributed by atoms with Gasteiger partial charge < -0.3 is 19.9 Å². The highest BCUT2D eigenvalue weighted by molar-refractivity contribution is 6.19. The molecule has 4 amide bonds. The van der Waals surface area contributed by atoms with Gasteiger partial charge in [0.1, 0.15) is 11.4 Å². The van der Waals surface area contributed by atoms with Gasteiger partial charge in [-0.05, 0) is 59.6 Å². The lowest BCUT2D eigenvalue weighted by atomic mass is 9.97. The summed E-state index contributed by atoms with van der Waals surface area (Å²) in [5, 5.41) is 15.1. The number of likely N-dealkylation sites (N-methyl/N-ethyl adjacent to an activating group) is 1. The van der Waals surface area contributed by atoms with Gasteiger partial charge in [-0.1, -0.05) is 18.1 Å². The maximum absolute atomic E-state index is 14.3. The van der Waals surface area contributed by atoms with Crippen LogP contribution in [0.4, 0.5) is 21.1 Å². The molecule has 2 saturated heterocycles. The molecule has 2 fully saturated rings. The van der Waals surface area contributed by atoms with Gasteiger partial charge in [-0.25, -0.2) is 24.5 Å². The standard InChI is InChI=1S/C30H36N8O6/c1-7-8-17-36-24-25(39)37(22-15-14-19-11-9-13-21(38(42)43)23(19)32-22)28(41)34(6)30(24,5)33-26(36)35-16-10-12-20(18-35)31-27(40)44-29(2,3)4/h9,11,13-15,20,24H,10,12,16-18H2,1-6H3,(H,31,40)/t20-,24?,30?/m1/s1. The number of pyridine rings is 1. The molecule has 3 aliphatic rings. The number of nitrogens with one attached hydrogen (secondary N) is 1. The van der Waals surface area contributed by atoms with Crippen molar-refractivity contribution < 1.29 is 24.0 Å². The fourth-order valence-corrected chi connectivity index (χ4v) is 5.86. The zero-order valence-electron chi connectivity index (χ0n) is 25.7. The van der Waals surface area contributed by atoms with Crippen molar-refractivity contribution in [1.29, 1.82) is 0 Å². The molecule has 2 aromatic rings. The molecule has 0 radical (unpaired) electrons. The third kappa shape index (κ3) is 5.45. The van der Waals surface area contributed by atoms with Crippen LogP contribution in [0.2, 0.25) is 0 Å². The summed E-state index contributed by atoms with van der Waals surface area (Å²) < 4.78 is 5.44. The summed E-state index contributed by atoms with van der Waals surface area (Å²) in [7, 11) is 1.57. The summed E-state index contributed by atoms with van der Waals surface area (Å²) in [4.78, 5) is 67.3. The SMILES string of the molecule is CC#CCN1C(N2CCC[C@@H](NC(=O)OC(C)(C)C)C2)=NC2(C)C1C(=O)N(c1ccc3cccc([N+](=O)[O-])c3n1)C(=O)N2C. The number of imide groups is 1. The number of benzene rings is 1. The zero-order valence-corrected chi connectivity index (χ0v) is 25.7. The minimum atomic E-state index is -1.27. The molecular formula is C30H36N8O6. The average Bonchev–Trinajstić information content (AvgIpc) is 3.27. The van der Waals surface area contributed by atoms with Gasteiger partial charge in [0.2, 0.25) is 5.96 Å². The molecule has 1 aromatic heterocycles. The van der Waals surface area contributed by atoms with Crippen molar-refractivity contribution >= 4 is 46.4 Å². The van der Waals surface area contributed by atoms with Crippen LogP contribution in [-0.4, -0.2) is 98.6 Å². The number of para-hydroxylation sites is 1. The predicted molar refractivity (Wildman–Crippen MR) is 163 cm³/mol. The Labute approximate surface area is 255 Å². The number of carbonyl (C=O) groups excluding carboxylic acids is 3. The van der Waals surface area contributed by atoms with Crippen LogP contribution in [0.15, 0.2) is 35.3 Å². The molecule has 1 aromatic carbocycles. The van der Waals surface area contributed by atoms with E-state index in [1.165, 1.54) is 17.0 Å². The summed E-state index contributed by atoms with van der Waals surface area (Å²) in [6, 6.07) is 5.82. The highest BCUT2D eigenvalue weighted by atomic mass is 16.6. The summed E-state index contributed by atoms with van der Waals surface area (Å²) in [5.74, 6) is 5.81. The Morgan fingerprint density at radius 2 is 2.00 bits per heavy atom. The lowest BCUT2D eigenvalue weighted by Crippen LogP contribution is -2.71. The van der Waals surface area contributed by atoms with Crippen molar-refractivity contribution in [1.82, 2.24) is 25.0 Å². The van der Waals surface area contributed by atoms with E-state index in [1.54, 1.807) is 64.8 Å².